The summed E-state index contributed by atoms with van der Waals surface area (Å²) in [4.78, 5) is 14.1. The van der Waals surface area contributed by atoms with Gasteiger partial charge in [-0.3, -0.25) is 0 Å². The average molecular weight is 356 g/mol. The summed E-state index contributed by atoms with van der Waals surface area (Å²) >= 11 is 6.08. The van der Waals surface area contributed by atoms with Crippen molar-refractivity contribution < 1.29 is 4.79 Å². The molecule has 0 aliphatic heterocycles. The summed E-state index contributed by atoms with van der Waals surface area (Å²) < 4.78 is 0. The smallest absolute Gasteiger partial charge is 0.129 e. The van der Waals surface area contributed by atoms with Gasteiger partial charge in [0.1, 0.15) is 6.29 Å². The number of hydrogen-bond acceptors (Lipinski definition) is 2. The molecule has 132 valence electrons. The number of aryl methyl sites for hydroxylation is 3. The molecule has 0 heterocycles. The van der Waals surface area contributed by atoms with Gasteiger partial charge in [0, 0.05) is 11.1 Å². The maximum Gasteiger partial charge on any atom is 0.129 e. The van der Waals surface area contributed by atoms with E-state index in [2.05, 4.69) is 43.3 Å². The van der Waals surface area contributed by atoms with Gasteiger partial charge in [-0.2, -0.15) is 0 Å². The lowest BCUT2D eigenvalue weighted by molar-refractivity contribution is -0.110. The second-order valence-corrected chi connectivity index (χ2v) is 7.64. The minimum absolute atomic E-state index is 0.0129. The fraction of sp³-hybridized carbons (Fsp3) is 0.409. The van der Waals surface area contributed by atoms with Gasteiger partial charge in [0.2, 0.25) is 0 Å². The standard InChI is InChI=1S/C22H26ClNO/c1-24(2)21-13-12-18-10-5-9-17(22(18)20(21)15-25)8-3-6-16-7-4-11-19(23)14-16/h4-5,7,9-11,14-15,20-21H,3,6,8,12-13H2,1-2H3. The molecule has 0 amide bonds. The molecule has 0 fully saturated rings. The zero-order valence-corrected chi connectivity index (χ0v) is 15.8. The van der Waals surface area contributed by atoms with E-state index in [-0.39, 0.29) is 5.92 Å². The Kier molecular flexibility index (Phi) is 5.93. The molecule has 2 aromatic rings. The first-order valence-corrected chi connectivity index (χ1v) is 9.44. The largest absolute Gasteiger partial charge is 0.305 e. The Morgan fingerprint density at radius 2 is 1.96 bits per heavy atom. The van der Waals surface area contributed by atoms with Gasteiger partial charge in [-0.25, -0.2) is 0 Å². The zero-order chi connectivity index (χ0) is 17.8. The number of carbonyl (C=O) groups is 1. The average Bonchev–Trinajstić information content (AvgIpc) is 2.60. The van der Waals surface area contributed by atoms with Crippen molar-refractivity contribution in [3.8, 4) is 0 Å². The van der Waals surface area contributed by atoms with Gasteiger partial charge in [-0.15, -0.1) is 0 Å². The first kappa shape index (κ1) is 18.2. The first-order chi connectivity index (χ1) is 12.1. The van der Waals surface area contributed by atoms with Gasteiger partial charge in [0.25, 0.3) is 0 Å². The molecule has 0 spiro atoms. The van der Waals surface area contributed by atoms with Crippen LogP contribution in [0, 0.1) is 0 Å². The molecule has 0 aromatic heterocycles. The van der Waals surface area contributed by atoms with Crippen LogP contribution >= 0.6 is 11.6 Å². The number of hydrogen-bond donors (Lipinski definition) is 0. The van der Waals surface area contributed by atoms with Crippen molar-refractivity contribution in [2.45, 2.75) is 44.1 Å². The Hall–Kier alpha value is -1.64. The number of benzene rings is 2. The molecule has 0 bridgehead atoms. The van der Waals surface area contributed by atoms with Crippen molar-refractivity contribution >= 4 is 17.9 Å². The molecule has 1 aliphatic carbocycles. The van der Waals surface area contributed by atoms with Crippen LogP contribution in [0.1, 0.15) is 41.0 Å². The number of aldehydes is 1. The molecular weight excluding hydrogens is 330 g/mol. The second kappa shape index (κ2) is 8.16. The fourth-order valence-corrected chi connectivity index (χ4v) is 4.33. The van der Waals surface area contributed by atoms with Crippen molar-refractivity contribution in [1.82, 2.24) is 4.90 Å². The lowest BCUT2D eigenvalue weighted by Gasteiger charge is -2.36. The van der Waals surface area contributed by atoms with E-state index in [9.17, 15) is 4.79 Å². The van der Waals surface area contributed by atoms with Crippen molar-refractivity contribution in [2.24, 2.45) is 0 Å². The Morgan fingerprint density at radius 3 is 2.68 bits per heavy atom. The van der Waals surface area contributed by atoms with Crippen LogP contribution in [0.2, 0.25) is 5.02 Å². The Balaban J connectivity index is 1.78. The highest BCUT2D eigenvalue weighted by molar-refractivity contribution is 6.30. The van der Waals surface area contributed by atoms with E-state index >= 15 is 0 Å². The summed E-state index contributed by atoms with van der Waals surface area (Å²) in [7, 11) is 4.15. The van der Waals surface area contributed by atoms with Gasteiger partial charge < -0.3 is 9.69 Å². The highest BCUT2D eigenvalue weighted by atomic mass is 35.5. The summed E-state index contributed by atoms with van der Waals surface area (Å²) in [5, 5.41) is 0.796. The topological polar surface area (TPSA) is 20.3 Å². The third kappa shape index (κ3) is 4.13. The Bertz CT molecular complexity index is 741. The minimum atomic E-state index is -0.0129. The lowest BCUT2D eigenvalue weighted by atomic mass is 9.76. The van der Waals surface area contributed by atoms with Crippen molar-refractivity contribution in [3.05, 3.63) is 69.7 Å². The van der Waals surface area contributed by atoms with Gasteiger partial charge in [-0.1, -0.05) is 41.9 Å². The number of likely N-dealkylation sites (N-methyl/N-ethyl adjacent to an activating group) is 1. The summed E-state index contributed by atoms with van der Waals surface area (Å²) in [6, 6.07) is 14.9. The monoisotopic (exact) mass is 355 g/mol. The number of halogens is 1. The zero-order valence-electron chi connectivity index (χ0n) is 15.0. The number of carbonyl (C=O) groups excluding carboxylic acids is 1. The van der Waals surface area contributed by atoms with Gasteiger partial charge in [-0.05, 0) is 80.6 Å². The predicted molar refractivity (Wildman–Crippen MR) is 105 cm³/mol. The molecule has 1 aliphatic rings. The molecule has 25 heavy (non-hydrogen) atoms. The predicted octanol–water partition coefficient (Wildman–Crippen LogP) is 4.67. The minimum Gasteiger partial charge on any atom is -0.305 e. The van der Waals surface area contributed by atoms with Crippen LogP contribution in [0.25, 0.3) is 0 Å². The lowest BCUT2D eigenvalue weighted by Crippen LogP contribution is -2.38. The highest BCUT2D eigenvalue weighted by Gasteiger charge is 2.32. The maximum atomic E-state index is 11.9. The third-order valence-corrected chi connectivity index (χ3v) is 5.59. The quantitative estimate of drug-likeness (QED) is 0.701. The molecule has 0 N–H and O–H groups in total. The molecule has 0 saturated heterocycles. The van der Waals surface area contributed by atoms with E-state index in [0.29, 0.717) is 6.04 Å². The summed E-state index contributed by atoms with van der Waals surface area (Å²) in [6.07, 6.45) is 6.34. The molecule has 2 atom stereocenters. The molecule has 0 saturated carbocycles. The summed E-state index contributed by atoms with van der Waals surface area (Å²) in [5.74, 6) is -0.0129. The Morgan fingerprint density at radius 1 is 1.16 bits per heavy atom. The molecule has 3 rings (SSSR count). The van der Waals surface area contributed by atoms with Crippen LogP contribution in [-0.2, 0) is 24.1 Å². The molecule has 2 nitrogen and oxygen atoms in total. The van der Waals surface area contributed by atoms with Gasteiger partial charge >= 0.3 is 0 Å². The van der Waals surface area contributed by atoms with Crippen LogP contribution in [0.5, 0.6) is 0 Å². The van der Waals surface area contributed by atoms with E-state index in [1.165, 1.54) is 22.3 Å². The molecule has 2 unspecified atom stereocenters. The normalized spacial score (nSPS) is 19.7. The van der Waals surface area contributed by atoms with Gasteiger partial charge in [0.05, 0.1) is 5.92 Å². The SMILES string of the molecule is CN(C)C1CCc2cccc(CCCc3cccc(Cl)c3)c2C1C=O. The van der Waals surface area contributed by atoms with Crippen LogP contribution in [-0.4, -0.2) is 31.3 Å². The van der Waals surface area contributed by atoms with E-state index in [0.717, 1.165) is 43.4 Å². The van der Waals surface area contributed by atoms with Crippen LogP contribution < -0.4 is 0 Å². The molecule has 3 heteroatoms. The number of fused-ring (bicyclic) bond motifs is 1. The number of rotatable bonds is 6. The first-order valence-electron chi connectivity index (χ1n) is 9.07. The maximum absolute atomic E-state index is 11.9. The molecular formula is C22H26ClNO. The van der Waals surface area contributed by atoms with Crippen LogP contribution in [0.15, 0.2) is 42.5 Å². The van der Waals surface area contributed by atoms with E-state index in [1.54, 1.807) is 0 Å². The summed E-state index contributed by atoms with van der Waals surface area (Å²) in [6.45, 7) is 0. The van der Waals surface area contributed by atoms with E-state index in [1.807, 2.05) is 18.2 Å². The summed E-state index contributed by atoms with van der Waals surface area (Å²) in [5.41, 5.74) is 5.25. The van der Waals surface area contributed by atoms with Crippen LogP contribution in [0.4, 0.5) is 0 Å². The molecule has 0 radical (unpaired) electrons. The van der Waals surface area contributed by atoms with Crippen molar-refractivity contribution in [3.63, 3.8) is 0 Å². The number of nitrogens with zero attached hydrogens (tertiary/aromatic N) is 1. The van der Waals surface area contributed by atoms with Crippen molar-refractivity contribution in [1.29, 1.82) is 0 Å². The Labute approximate surface area is 155 Å². The van der Waals surface area contributed by atoms with E-state index < -0.39 is 0 Å². The van der Waals surface area contributed by atoms with Gasteiger partial charge in [0.15, 0.2) is 0 Å². The van der Waals surface area contributed by atoms with E-state index in [4.69, 9.17) is 11.6 Å². The van der Waals surface area contributed by atoms with Crippen LogP contribution in [0.3, 0.4) is 0 Å². The molecule has 2 aromatic carbocycles. The second-order valence-electron chi connectivity index (χ2n) is 7.20. The third-order valence-electron chi connectivity index (χ3n) is 5.35. The van der Waals surface area contributed by atoms with Crippen molar-refractivity contribution in [2.75, 3.05) is 14.1 Å². The fourth-order valence-electron chi connectivity index (χ4n) is 4.12. The highest BCUT2D eigenvalue weighted by Crippen LogP contribution is 2.35.